The average molecular weight is 326 g/mol. The Hall–Kier alpha value is -1.36. The molecule has 0 unspecified atom stereocenters. The van der Waals surface area contributed by atoms with E-state index in [1.807, 2.05) is 30.0 Å². The third kappa shape index (κ3) is 3.28. The van der Waals surface area contributed by atoms with Gasteiger partial charge in [-0.25, -0.2) is 0 Å². The van der Waals surface area contributed by atoms with Gasteiger partial charge in [-0.15, -0.1) is 12.4 Å². The maximum absolute atomic E-state index is 12.1. The quantitative estimate of drug-likeness (QED) is 0.923. The van der Waals surface area contributed by atoms with Crippen LogP contribution in [0.1, 0.15) is 12.5 Å². The molecule has 3 rings (SSSR count). The van der Waals surface area contributed by atoms with Gasteiger partial charge in [0.05, 0.1) is 16.6 Å². The minimum atomic E-state index is -0.100. The van der Waals surface area contributed by atoms with Gasteiger partial charge in [-0.2, -0.15) is 0 Å². The largest absolute Gasteiger partial charge is 0.336 e. The van der Waals surface area contributed by atoms with E-state index >= 15 is 0 Å². The molecule has 0 aliphatic carbocycles. The number of benzene rings is 1. The fourth-order valence-corrected chi connectivity index (χ4v) is 2.74. The summed E-state index contributed by atoms with van der Waals surface area (Å²) in [6, 6.07) is 7.66. The maximum atomic E-state index is 12.1. The molecule has 1 amide bonds. The van der Waals surface area contributed by atoms with Crippen molar-refractivity contribution >= 4 is 40.8 Å². The number of pyridine rings is 1. The molecule has 0 bridgehead atoms. The van der Waals surface area contributed by atoms with Crippen LogP contribution in [0.2, 0.25) is 5.02 Å². The molecule has 1 aromatic heterocycles. The van der Waals surface area contributed by atoms with Gasteiger partial charge in [0.25, 0.3) is 0 Å². The molecule has 112 valence electrons. The second kappa shape index (κ2) is 6.60. The SMILES string of the molecule is C[C@@H]1NCCN(Cc2ccc3c(Cl)ccnc3c2)C1=O.Cl. The van der Waals surface area contributed by atoms with Crippen LogP contribution in [0.15, 0.2) is 30.5 Å². The number of amides is 1. The summed E-state index contributed by atoms with van der Waals surface area (Å²) in [6.45, 7) is 4.10. The first-order valence-corrected chi connectivity index (χ1v) is 7.08. The van der Waals surface area contributed by atoms with Gasteiger partial charge in [-0.1, -0.05) is 23.7 Å². The van der Waals surface area contributed by atoms with Crippen molar-refractivity contribution in [3.63, 3.8) is 0 Å². The van der Waals surface area contributed by atoms with Crippen LogP contribution < -0.4 is 5.32 Å². The van der Waals surface area contributed by atoms with Crippen LogP contribution in [-0.2, 0) is 11.3 Å². The van der Waals surface area contributed by atoms with Gasteiger partial charge < -0.3 is 10.2 Å². The molecule has 2 heterocycles. The van der Waals surface area contributed by atoms with E-state index in [-0.39, 0.29) is 24.4 Å². The van der Waals surface area contributed by atoms with Gasteiger partial charge in [-0.3, -0.25) is 9.78 Å². The fraction of sp³-hybridized carbons (Fsp3) is 0.333. The number of rotatable bonds is 2. The van der Waals surface area contributed by atoms with E-state index in [9.17, 15) is 4.79 Å². The minimum Gasteiger partial charge on any atom is -0.336 e. The van der Waals surface area contributed by atoms with Crippen molar-refractivity contribution in [2.45, 2.75) is 19.5 Å². The number of nitrogens with one attached hydrogen (secondary N) is 1. The smallest absolute Gasteiger partial charge is 0.239 e. The summed E-state index contributed by atoms with van der Waals surface area (Å²) in [4.78, 5) is 18.3. The molecule has 1 aliphatic heterocycles. The number of carbonyl (C=O) groups is 1. The molecule has 1 saturated heterocycles. The summed E-state index contributed by atoms with van der Waals surface area (Å²) >= 11 is 6.13. The van der Waals surface area contributed by atoms with Crippen molar-refractivity contribution < 1.29 is 4.79 Å². The molecular weight excluding hydrogens is 309 g/mol. The van der Waals surface area contributed by atoms with E-state index in [2.05, 4.69) is 10.3 Å². The zero-order valence-electron chi connectivity index (χ0n) is 11.7. The molecule has 6 heteroatoms. The predicted molar refractivity (Wildman–Crippen MR) is 86.9 cm³/mol. The monoisotopic (exact) mass is 325 g/mol. The van der Waals surface area contributed by atoms with Crippen LogP contribution in [0.5, 0.6) is 0 Å². The van der Waals surface area contributed by atoms with E-state index in [1.54, 1.807) is 12.3 Å². The zero-order valence-corrected chi connectivity index (χ0v) is 13.2. The lowest BCUT2D eigenvalue weighted by Gasteiger charge is -2.31. The van der Waals surface area contributed by atoms with Gasteiger partial charge in [-0.05, 0) is 24.6 Å². The lowest BCUT2D eigenvalue weighted by Crippen LogP contribution is -2.53. The maximum Gasteiger partial charge on any atom is 0.239 e. The van der Waals surface area contributed by atoms with Gasteiger partial charge in [0.15, 0.2) is 0 Å². The first kappa shape index (κ1) is 16.0. The number of fused-ring (bicyclic) bond motifs is 1. The Bertz CT molecular complexity index is 662. The van der Waals surface area contributed by atoms with E-state index in [0.29, 0.717) is 11.6 Å². The van der Waals surface area contributed by atoms with Crippen LogP contribution in [0.25, 0.3) is 10.9 Å². The first-order chi connectivity index (χ1) is 9.65. The lowest BCUT2D eigenvalue weighted by molar-refractivity contribution is -0.135. The molecule has 1 atom stereocenters. The lowest BCUT2D eigenvalue weighted by atomic mass is 10.1. The van der Waals surface area contributed by atoms with Crippen LogP contribution in [-0.4, -0.2) is 34.9 Å². The molecular formula is C15H17Cl2N3O. The molecule has 21 heavy (non-hydrogen) atoms. The third-order valence-electron chi connectivity index (χ3n) is 3.64. The summed E-state index contributed by atoms with van der Waals surface area (Å²) in [5.41, 5.74) is 1.94. The Morgan fingerprint density at radius 1 is 1.43 bits per heavy atom. The molecule has 4 nitrogen and oxygen atoms in total. The number of aromatic nitrogens is 1. The number of nitrogens with zero attached hydrogens (tertiary/aromatic N) is 2. The highest BCUT2D eigenvalue weighted by molar-refractivity contribution is 6.35. The number of hydrogen-bond acceptors (Lipinski definition) is 3. The molecule has 1 aliphatic rings. The molecule has 0 saturated carbocycles. The van der Waals surface area contributed by atoms with Crippen molar-refractivity contribution in [2.24, 2.45) is 0 Å². The van der Waals surface area contributed by atoms with Crippen LogP contribution in [0, 0.1) is 0 Å². The summed E-state index contributed by atoms with van der Waals surface area (Å²) in [5, 5.41) is 4.81. The van der Waals surface area contributed by atoms with Crippen LogP contribution >= 0.6 is 24.0 Å². The second-order valence-corrected chi connectivity index (χ2v) is 5.49. The summed E-state index contributed by atoms with van der Waals surface area (Å²) in [7, 11) is 0. The Morgan fingerprint density at radius 3 is 3.05 bits per heavy atom. The van der Waals surface area contributed by atoms with Crippen molar-refractivity contribution in [1.82, 2.24) is 15.2 Å². The normalized spacial score (nSPS) is 18.7. The van der Waals surface area contributed by atoms with Crippen LogP contribution in [0.4, 0.5) is 0 Å². The van der Waals surface area contributed by atoms with E-state index < -0.39 is 0 Å². The van der Waals surface area contributed by atoms with Crippen LogP contribution in [0.3, 0.4) is 0 Å². The summed E-state index contributed by atoms with van der Waals surface area (Å²) in [5.74, 6) is 0.149. The second-order valence-electron chi connectivity index (χ2n) is 5.08. The standard InChI is InChI=1S/C15H16ClN3O.ClH/c1-10-15(20)19(7-6-17-10)9-11-2-3-12-13(16)4-5-18-14(12)8-11;/h2-5,8,10,17H,6-7,9H2,1H3;1H/t10-;/m0./s1. The Labute approximate surface area is 134 Å². The highest BCUT2D eigenvalue weighted by Crippen LogP contribution is 2.23. The van der Waals surface area contributed by atoms with Gasteiger partial charge in [0, 0.05) is 31.2 Å². The predicted octanol–water partition coefficient (Wildman–Crippen LogP) is 2.63. The minimum absolute atomic E-state index is 0. The fourth-order valence-electron chi connectivity index (χ4n) is 2.52. The number of piperazine rings is 1. The van der Waals surface area contributed by atoms with E-state index in [4.69, 9.17) is 11.6 Å². The van der Waals surface area contributed by atoms with Gasteiger partial charge >= 0.3 is 0 Å². The molecule has 0 spiro atoms. The Kier molecular flexibility index (Phi) is 5.04. The number of halogens is 2. The van der Waals surface area contributed by atoms with E-state index in [0.717, 1.165) is 29.6 Å². The molecule has 1 N–H and O–H groups in total. The van der Waals surface area contributed by atoms with Gasteiger partial charge in [0.1, 0.15) is 0 Å². The Balaban J connectivity index is 0.00000161. The highest BCUT2D eigenvalue weighted by atomic mass is 35.5. The average Bonchev–Trinajstić information content (AvgIpc) is 2.44. The van der Waals surface area contributed by atoms with Gasteiger partial charge in [0.2, 0.25) is 5.91 Å². The summed E-state index contributed by atoms with van der Waals surface area (Å²) in [6.07, 6.45) is 1.70. The molecule has 2 aromatic rings. The highest BCUT2D eigenvalue weighted by Gasteiger charge is 2.24. The van der Waals surface area contributed by atoms with Crippen molar-refractivity contribution in [3.05, 3.63) is 41.0 Å². The third-order valence-corrected chi connectivity index (χ3v) is 3.97. The van der Waals surface area contributed by atoms with Crippen molar-refractivity contribution in [3.8, 4) is 0 Å². The van der Waals surface area contributed by atoms with Crippen molar-refractivity contribution in [2.75, 3.05) is 13.1 Å². The molecule has 0 radical (unpaired) electrons. The topological polar surface area (TPSA) is 45.2 Å². The number of carbonyl (C=O) groups excluding carboxylic acids is 1. The molecule has 1 aromatic carbocycles. The number of hydrogen-bond donors (Lipinski definition) is 1. The van der Waals surface area contributed by atoms with E-state index in [1.165, 1.54) is 0 Å². The zero-order chi connectivity index (χ0) is 14.1. The summed E-state index contributed by atoms with van der Waals surface area (Å²) < 4.78 is 0. The molecule has 1 fully saturated rings. The first-order valence-electron chi connectivity index (χ1n) is 6.70. The Morgan fingerprint density at radius 2 is 2.24 bits per heavy atom. The van der Waals surface area contributed by atoms with Crippen molar-refractivity contribution in [1.29, 1.82) is 0 Å².